The van der Waals surface area contributed by atoms with Gasteiger partial charge in [0, 0.05) is 17.3 Å². The van der Waals surface area contributed by atoms with Gasteiger partial charge in [0.2, 0.25) is 5.91 Å². The summed E-state index contributed by atoms with van der Waals surface area (Å²) >= 11 is 0. The third-order valence-corrected chi connectivity index (χ3v) is 4.16. The second-order valence-corrected chi connectivity index (χ2v) is 7.30. The van der Waals surface area contributed by atoms with Crippen LogP contribution >= 0.6 is 0 Å². The quantitative estimate of drug-likeness (QED) is 0.877. The average molecular weight is 306 g/mol. The van der Waals surface area contributed by atoms with Crippen LogP contribution in [0, 0.1) is 0 Å². The van der Waals surface area contributed by atoms with E-state index in [0.717, 1.165) is 17.0 Å². The van der Waals surface area contributed by atoms with Gasteiger partial charge < -0.3 is 11.1 Å². The molecule has 0 aliphatic carbocycles. The lowest BCUT2D eigenvalue weighted by molar-refractivity contribution is -0.117. The molecule has 0 radical (unpaired) electrons. The summed E-state index contributed by atoms with van der Waals surface area (Å²) in [6, 6.07) is 12.4. The summed E-state index contributed by atoms with van der Waals surface area (Å²) in [6.07, 6.45) is 1.23. The zero-order valence-corrected chi connectivity index (χ0v) is 12.6. The first-order valence-electron chi connectivity index (χ1n) is 6.59. The zero-order valence-electron chi connectivity index (χ0n) is 11.7. The van der Waals surface area contributed by atoms with Crippen molar-refractivity contribution in [1.82, 2.24) is 0 Å². The van der Waals surface area contributed by atoms with E-state index >= 15 is 0 Å². The summed E-state index contributed by atoms with van der Waals surface area (Å²) in [7, 11) is -3.12. The Morgan fingerprint density at radius 1 is 1.19 bits per heavy atom. The van der Waals surface area contributed by atoms with E-state index < -0.39 is 15.9 Å². The molecule has 0 aliphatic rings. The van der Waals surface area contributed by atoms with Crippen molar-refractivity contribution in [2.75, 3.05) is 17.3 Å². The van der Waals surface area contributed by atoms with Gasteiger partial charge >= 0.3 is 0 Å². The smallest absolute Gasteiger partial charge is 0.241 e. The molecule has 1 atom stereocenters. The van der Waals surface area contributed by atoms with Gasteiger partial charge in [-0.25, -0.2) is 8.42 Å². The highest BCUT2D eigenvalue weighted by Gasteiger charge is 2.16. The first-order chi connectivity index (χ1) is 9.87. The number of carbonyl (C=O) groups is 1. The predicted octanol–water partition coefficient (Wildman–Crippen LogP) is 1.54. The van der Waals surface area contributed by atoms with E-state index in [2.05, 4.69) is 5.32 Å². The second-order valence-electron chi connectivity index (χ2n) is 5.04. The molecular weight excluding hydrogens is 288 g/mol. The van der Waals surface area contributed by atoms with Crippen molar-refractivity contribution in [2.24, 2.45) is 5.73 Å². The Morgan fingerprint density at radius 2 is 1.86 bits per heavy atom. The molecule has 0 spiro atoms. The Morgan fingerprint density at radius 3 is 2.57 bits per heavy atom. The SMILES string of the molecule is CS(=O)(=O)CCC(N)C(=O)Nc1cccc2ccccc12. The van der Waals surface area contributed by atoms with Gasteiger partial charge in [-0.15, -0.1) is 0 Å². The largest absolute Gasteiger partial charge is 0.324 e. The van der Waals surface area contributed by atoms with Gasteiger partial charge in [0.25, 0.3) is 0 Å². The Kier molecular flexibility index (Phi) is 4.59. The highest BCUT2D eigenvalue weighted by Crippen LogP contribution is 2.23. The molecule has 3 N–H and O–H groups in total. The van der Waals surface area contributed by atoms with Crippen molar-refractivity contribution in [3.8, 4) is 0 Å². The number of benzene rings is 2. The van der Waals surface area contributed by atoms with Gasteiger partial charge in [0.15, 0.2) is 0 Å². The molecule has 2 aromatic rings. The Balaban J connectivity index is 2.11. The number of hydrogen-bond donors (Lipinski definition) is 2. The summed E-state index contributed by atoms with van der Waals surface area (Å²) < 4.78 is 22.2. The molecular formula is C15H18N2O3S. The lowest BCUT2D eigenvalue weighted by atomic mass is 10.1. The summed E-state index contributed by atoms with van der Waals surface area (Å²) in [5, 5.41) is 4.70. The molecule has 0 aromatic heterocycles. The molecule has 6 heteroatoms. The van der Waals surface area contributed by atoms with Gasteiger partial charge in [-0.05, 0) is 17.9 Å². The molecule has 2 rings (SSSR count). The normalized spacial score (nSPS) is 13.0. The molecule has 0 heterocycles. The monoisotopic (exact) mass is 306 g/mol. The van der Waals surface area contributed by atoms with Gasteiger partial charge in [-0.1, -0.05) is 36.4 Å². The molecule has 1 amide bonds. The molecule has 1 unspecified atom stereocenters. The van der Waals surface area contributed by atoms with Crippen LogP contribution in [0.3, 0.4) is 0 Å². The third kappa shape index (κ3) is 4.27. The van der Waals surface area contributed by atoms with E-state index in [0.29, 0.717) is 5.69 Å². The minimum Gasteiger partial charge on any atom is -0.324 e. The van der Waals surface area contributed by atoms with Crippen LogP contribution in [0.5, 0.6) is 0 Å². The van der Waals surface area contributed by atoms with Crippen LogP contribution < -0.4 is 11.1 Å². The van der Waals surface area contributed by atoms with Crippen molar-refractivity contribution in [1.29, 1.82) is 0 Å². The van der Waals surface area contributed by atoms with Crippen molar-refractivity contribution in [3.63, 3.8) is 0 Å². The molecule has 5 nitrogen and oxygen atoms in total. The fourth-order valence-electron chi connectivity index (χ4n) is 2.03. The van der Waals surface area contributed by atoms with E-state index in [-0.39, 0.29) is 18.1 Å². The fourth-order valence-corrected chi connectivity index (χ4v) is 2.71. The summed E-state index contributed by atoms with van der Waals surface area (Å²) in [5.74, 6) is -0.480. The number of sulfone groups is 1. The molecule has 0 saturated heterocycles. The van der Waals surface area contributed by atoms with E-state index in [1.165, 1.54) is 0 Å². The summed E-state index contributed by atoms with van der Waals surface area (Å²) in [4.78, 5) is 12.0. The van der Waals surface area contributed by atoms with Gasteiger partial charge in [-0.3, -0.25) is 4.79 Å². The lowest BCUT2D eigenvalue weighted by Crippen LogP contribution is -2.37. The lowest BCUT2D eigenvalue weighted by Gasteiger charge is -2.13. The van der Waals surface area contributed by atoms with Gasteiger partial charge in [0.1, 0.15) is 9.84 Å². The van der Waals surface area contributed by atoms with Gasteiger partial charge in [-0.2, -0.15) is 0 Å². The van der Waals surface area contributed by atoms with Crippen LogP contribution in [0.4, 0.5) is 5.69 Å². The van der Waals surface area contributed by atoms with Crippen LogP contribution in [0.15, 0.2) is 42.5 Å². The number of nitrogens with two attached hydrogens (primary N) is 1. The number of hydrogen-bond acceptors (Lipinski definition) is 4. The zero-order chi connectivity index (χ0) is 15.5. The van der Waals surface area contributed by atoms with E-state index in [1.54, 1.807) is 6.07 Å². The van der Waals surface area contributed by atoms with E-state index in [1.807, 2.05) is 36.4 Å². The second kappa shape index (κ2) is 6.24. The molecule has 0 aliphatic heterocycles. The standard InChI is InChI=1S/C15H18N2O3S/c1-21(19,20)10-9-13(16)15(18)17-14-8-4-6-11-5-2-3-7-12(11)14/h2-8,13H,9-10,16H2,1H3,(H,17,18). The highest BCUT2D eigenvalue weighted by molar-refractivity contribution is 7.90. The molecule has 0 fully saturated rings. The number of carbonyl (C=O) groups excluding carboxylic acids is 1. The van der Waals surface area contributed by atoms with E-state index in [4.69, 9.17) is 5.73 Å². The predicted molar refractivity (Wildman–Crippen MR) is 84.9 cm³/mol. The Hall–Kier alpha value is -1.92. The van der Waals surface area contributed by atoms with Gasteiger partial charge in [0.05, 0.1) is 11.8 Å². The first kappa shape index (κ1) is 15.5. The highest BCUT2D eigenvalue weighted by atomic mass is 32.2. The van der Waals surface area contributed by atoms with Crippen LogP contribution in [0.1, 0.15) is 6.42 Å². The maximum atomic E-state index is 12.0. The molecule has 0 bridgehead atoms. The third-order valence-electron chi connectivity index (χ3n) is 3.18. The van der Waals surface area contributed by atoms with Crippen LogP contribution in [-0.4, -0.2) is 32.4 Å². The van der Waals surface area contributed by atoms with Crippen molar-refractivity contribution >= 4 is 32.2 Å². The van der Waals surface area contributed by atoms with Crippen LogP contribution in [0.25, 0.3) is 10.8 Å². The fraction of sp³-hybridized carbons (Fsp3) is 0.267. The minimum atomic E-state index is -3.12. The Labute approximate surface area is 124 Å². The van der Waals surface area contributed by atoms with Crippen molar-refractivity contribution in [3.05, 3.63) is 42.5 Å². The molecule has 112 valence electrons. The number of fused-ring (bicyclic) bond motifs is 1. The molecule has 21 heavy (non-hydrogen) atoms. The van der Waals surface area contributed by atoms with E-state index in [9.17, 15) is 13.2 Å². The van der Waals surface area contributed by atoms with Crippen molar-refractivity contribution < 1.29 is 13.2 Å². The number of amides is 1. The Bertz CT molecular complexity index is 751. The number of nitrogens with one attached hydrogen (secondary N) is 1. The number of anilines is 1. The molecule has 0 saturated carbocycles. The summed E-state index contributed by atoms with van der Waals surface area (Å²) in [6.45, 7) is 0. The number of rotatable bonds is 5. The topological polar surface area (TPSA) is 89.3 Å². The van der Waals surface area contributed by atoms with Crippen LogP contribution in [-0.2, 0) is 14.6 Å². The maximum absolute atomic E-state index is 12.0. The van der Waals surface area contributed by atoms with Crippen LogP contribution in [0.2, 0.25) is 0 Å². The van der Waals surface area contributed by atoms with Crippen molar-refractivity contribution in [2.45, 2.75) is 12.5 Å². The minimum absolute atomic E-state index is 0.100. The molecule has 2 aromatic carbocycles. The maximum Gasteiger partial charge on any atom is 0.241 e. The first-order valence-corrected chi connectivity index (χ1v) is 8.65. The average Bonchev–Trinajstić information content (AvgIpc) is 2.44. The summed E-state index contributed by atoms with van der Waals surface area (Å²) in [5.41, 5.74) is 6.41.